The van der Waals surface area contributed by atoms with Crippen LogP contribution in [0.25, 0.3) is 0 Å². The number of nitrogens with zero attached hydrogens (tertiary/aromatic N) is 1. The van der Waals surface area contributed by atoms with Crippen LogP contribution in [0.1, 0.15) is 11.3 Å². The smallest absolute Gasteiger partial charge is 0.141 e. The maximum atomic E-state index is 7.34. The Morgan fingerprint density at radius 1 is 1.30 bits per heavy atom. The summed E-state index contributed by atoms with van der Waals surface area (Å²) in [4.78, 5) is 3.98. The lowest BCUT2D eigenvalue weighted by Gasteiger charge is -2.10. The number of aromatic nitrogens is 1. The first-order valence-corrected chi connectivity index (χ1v) is 7.09. The van der Waals surface area contributed by atoms with Crippen LogP contribution in [0.3, 0.4) is 0 Å². The van der Waals surface area contributed by atoms with Crippen molar-refractivity contribution in [3.63, 3.8) is 0 Å². The molecule has 0 atom stereocenters. The van der Waals surface area contributed by atoms with Crippen LogP contribution in [0.2, 0.25) is 10.0 Å². The average molecular weight is 375 g/mol. The maximum Gasteiger partial charge on any atom is 0.141 e. The van der Waals surface area contributed by atoms with Gasteiger partial charge in [0.25, 0.3) is 0 Å². The van der Waals surface area contributed by atoms with E-state index in [1.54, 1.807) is 30.5 Å². The van der Waals surface area contributed by atoms with E-state index in [0.29, 0.717) is 26.0 Å². The highest BCUT2D eigenvalue weighted by Gasteiger charge is 2.08. The lowest BCUT2D eigenvalue weighted by atomic mass is 10.2. The van der Waals surface area contributed by atoms with Gasteiger partial charge in [-0.3, -0.25) is 10.4 Å². The van der Waals surface area contributed by atoms with E-state index >= 15 is 0 Å². The minimum atomic E-state index is -0.0865. The molecule has 0 bridgehead atoms. The summed E-state index contributed by atoms with van der Waals surface area (Å²) in [7, 11) is 0. The fraction of sp³-hybridized carbons (Fsp3) is 0.0769. The number of hydrogen-bond acceptors (Lipinski definition) is 3. The van der Waals surface area contributed by atoms with Gasteiger partial charge in [0.05, 0.1) is 10.0 Å². The predicted octanol–water partition coefficient (Wildman–Crippen LogP) is 4.01. The third-order valence-electron chi connectivity index (χ3n) is 2.47. The van der Waals surface area contributed by atoms with Crippen LogP contribution in [-0.2, 0) is 6.61 Å². The van der Waals surface area contributed by atoms with E-state index in [4.69, 9.17) is 39.1 Å². The molecule has 0 aliphatic carbocycles. The monoisotopic (exact) mass is 373 g/mol. The van der Waals surface area contributed by atoms with Crippen molar-refractivity contribution in [2.75, 3.05) is 0 Å². The van der Waals surface area contributed by atoms with Gasteiger partial charge >= 0.3 is 0 Å². The van der Waals surface area contributed by atoms with Gasteiger partial charge in [0.15, 0.2) is 0 Å². The summed E-state index contributed by atoms with van der Waals surface area (Å²) < 4.78 is 6.32. The molecule has 2 aromatic rings. The Labute approximate surface area is 134 Å². The summed E-state index contributed by atoms with van der Waals surface area (Å²) in [5, 5.41) is 8.32. The Kier molecular flexibility index (Phi) is 4.86. The fourth-order valence-electron chi connectivity index (χ4n) is 1.49. The van der Waals surface area contributed by atoms with E-state index in [1.165, 1.54) is 0 Å². The molecule has 20 heavy (non-hydrogen) atoms. The van der Waals surface area contributed by atoms with Gasteiger partial charge < -0.3 is 10.5 Å². The molecule has 0 fully saturated rings. The van der Waals surface area contributed by atoms with Crippen LogP contribution in [0, 0.1) is 5.41 Å². The molecular weight excluding hydrogens is 365 g/mol. The maximum absolute atomic E-state index is 7.34. The molecular formula is C13H10BrCl2N3O. The predicted molar refractivity (Wildman–Crippen MR) is 83.7 cm³/mol. The van der Waals surface area contributed by atoms with Crippen LogP contribution in [0.4, 0.5) is 0 Å². The molecule has 2 rings (SSSR count). The van der Waals surface area contributed by atoms with Crippen molar-refractivity contribution in [3.8, 4) is 5.75 Å². The van der Waals surface area contributed by atoms with E-state index < -0.39 is 0 Å². The van der Waals surface area contributed by atoms with Crippen LogP contribution in [-0.4, -0.2) is 10.8 Å². The van der Waals surface area contributed by atoms with E-state index in [9.17, 15) is 0 Å². The van der Waals surface area contributed by atoms with Crippen molar-refractivity contribution in [2.45, 2.75) is 6.61 Å². The first-order chi connectivity index (χ1) is 9.47. The van der Waals surface area contributed by atoms with E-state index in [2.05, 4.69) is 20.9 Å². The molecule has 1 aromatic heterocycles. The van der Waals surface area contributed by atoms with Gasteiger partial charge in [0.2, 0.25) is 0 Å². The molecule has 4 nitrogen and oxygen atoms in total. The summed E-state index contributed by atoms with van der Waals surface area (Å²) in [6.07, 6.45) is 1.57. The molecule has 1 heterocycles. The van der Waals surface area contributed by atoms with Gasteiger partial charge in [-0.15, -0.1) is 0 Å². The highest BCUT2D eigenvalue weighted by Crippen LogP contribution is 2.34. The zero-order valence-electron chi connectivity index (χ0n) is 10.2. The topological polar surface area (TPSA) is 72.0 Å². The number of hydrogen-bond donors (Lipinski definition) is 2. The molecule has 0 radical (unpaired) electrons. The number of rotatable bonds is 4. The SMILES string of the molecule is N=C(N)c1cc(COc2cc(Cl)c(Br)cc2Cl)ccn1. The number of halogens is 3. The van der Waals surface area contributed by atoms with Crippen LogP contribution >= 0.6 is 39.1 Å². The van der Waals surface area contributed by atoms with Crippen LogP contribution in [0.5, 0.6) is 5.75 Å². The molecule has 0 amide bonds. The third kappa shape index (κ3) is 3.62. The Morgan fingerprint density at radius 2 is 2.05 bits per heavy atom. The summed E-state index contributed by atoms with van der Waals surface area (Å²) in [6.45, 7) is 0.278. The highest BCUT2D eigenvalue weighted by atomic mass is 79.9. The lowest BCUT2D eigenvalue weighted by molar-refractivity contribution is 0.306. The first kappa shape index (κ1) is 15.1. The molecule has 0 spiro atoms. The largest absolute Gasteiger partial charge is 0.487 e. The molecule has 0 saturated heterocycles. The van der Waals surface area contributed by atoms with E-state index in [-0.39, 0.29) is 12.4 Å². The molecule has 7 heteroatoms. The standard InChI is InChI=1S/C13H10BrCl2N3O/c14-8-4-10(16)12(5-9(8)15)20-6-7-1-2-19-11(3-7)13(17)18/h1-5H,6H2,(H3,17,18). The minimum absolute atomic E-state index is 0.0865. The molecule has 0 aliphatic heterocycles. The van der Waals surface area contributed by atoms with E-state index in [1.807, 2.05) is 0 Å². The van der Waals surface area contributed by atoms with Gasteiger partial charge in [-0.25, -0.2) is 0 Å². The second-order valence-electron chi connectivity index (χ2n) is 3.95. The fourth-order valence-corrected chi connectivity index (χ4v) is 2.33. The normalized spacial score (nSPS) is 10.3. The summed E-state index contributed by atoms with van der Waals surface area (Å²) >= 11 is 15.3. The van der Waals surface area contributed by atoms with Crippen molar-refractivity contribution < 1.29 is 4.74 Å². The number of amidine groups is 1. The van der Waals surface area contributed by atoms with Gasteiger partial charge in [0, 0.05) is 16.7 Å². The Bertz CT molecular complexity index is 664. The number of nitrogens with two attached hydrogens (primary N) is 1. The van der Waals surface area contributed by atoms with Crippen molar-refractivity contribution in [1.82, 2.24) is 4.98 Å². The highest BCUT2D eigenvalue weighted by molar-refractivity contribution is 9.10. The number of ether oxygens (including phenoxy) is 1. The molecule has 104 valence electrons. The Balaban J connectivity index is 2.15. The first-order valence-electron chi connectivity index (χ1n) is 5.54. The molecule has 3 N–H and O–H groups in total. The van der Waals surface area contributed by atoms with E-state index in [0.717, 1.165) is 5.56 Å². The minimum Gasteiger partial charge on any atom is -0.487 e. The second kappa shape index (κ2) is 6.43. The van der Waals surface area contributed by atoms with Gasteiger partial charge in [0.1, 0.15) is 23.9 Å². The molecule has 0 aliphatic rings. The zero-order chi connectivity index (χ0) is 14.7. The Morgan fingerprint density at radius 3 is 2.75 bits per heavy atom. The lowest BCUT2D eigenvalue weighted by Crippen LogP contribution is -2.13. The van der Waals surface area contributed by atoms with Gasteiger partial charge in [-0.1, -0.05) is 23.2 Å². The van der Waals surface area contributed by atoms with Crippen molar-refractivity contribution in [2.24, 2.45) is 5.73 Å². The van der Waals surface area contributed by atoms with Crippen molar-refractivity contribution in [3.05, 3.63) is 56.2 Å². The molecule has 0 saturated carbocycles. The third-order valence-corrected chi connectivity index (χ3v) is 3.96. The molecule has 0 unspecified atom stereocenters. The van der Waals surface area contributed by atoms with Crippen LogP contribution in [0.15, 0.2) is 34.9 Å². The number of nitrogen functional groups attached to an aromatic ring is 1. The zero-order valence-corrected chi connectivity index (χ0v) is 13.3. The van der Waals surface area contributed by atoms with Gasteiger partial charge in [-0.2, -0.15) is 0 Å². The number of nitrogens with one attached hydrogen (secondary N) is 1. The van der Waals surface area contributed by atoms with Gasteiger partial charge in [-0.05, 0) is 39.7 Å². The molecule has 1 aromatic carbocycles. The van der Waals surface area contributed by atoms with Crippen molar-refractivity contribution >= 4 is 45.0 Å². The second-order valence-corrected chi connectivity index (χ2v) is 5.62. The summed E-state index contributed by atoms with van der Waals surface area (Å²) in [5.41, 5.74) is 6.63. The number of benzene rings is 1. The van der Waals surface area contributed by atoms with Crippen LogP contribution < -0.4 is 10.5 Å². The average Bonchev–Trinajstić information content (AvgIpc) is 2.41. The number of pyridine rings is 1. The van der Waals surface area contributed by atoms with Crippen molar-refractivity contribution in [1.29, 1.82) is 5.41 Å². The quantitative estimate of drug-likeness (QED) is 0.482. The Hall–Kier alpha value is -1.30. The summed E-state index contributed by atoms with van der Waals surface area (Å²) in [6, 6.07) is 6.78. The summed E-state index contributed by atoms with van der Waals surface area (Å²) in [5.74, 6) is 0.401.